The van der Waals surface area contributed by atoms with E-state index in [1.54, 1.807) is 0 Å². The van der Waals surface area contributed by atoms with E-state index in [1.165, 1.54) is 22.5 Å². The second kappa shape index (κ2) is 5.65. The highest BCUT2D eigenvalue weighted by Crippen LogP contribution is 2.26. The maximum absolute atomic E-state index is 12.5. The summed E-state index contributed by atoms with van der Waals surface area (Å²) in [6, 6.07) is 5.00. The standard InChI is InChI=1S/C12H19N3O4S2/c1-9(13)10-5-6-15(8-10)21(18,19)12-4-2-3-11(7-12)20(14,16)17/h2-4,7,9-10H,5-6,8,13H2,1H3,(H2,14,16,17). The predicted octanol–water partition coefficient (Wildman–Crippen LogP) is -0.308. The molecule has 1 aliphatic rings. The van der Waals surface area contributed by atoms with Gasteiger partial charge < -0.3 is 5.73 Å². The highest BCUT2D eigenvalue weighted by atomic mass is 32.2. The molecule has 2 rings (SSSR count). The van der Waals surface area contributed by atoms with Crippen LogP contribution in [0.4, 0.5) is 0 Å². The normalized spacial score (nSPS) is 22.3. The first-order valence-electron chi connectivity index (χ1n) is 6.51. The monoisotopic (exact) mass is 333 g/mol. The average Bonchev–Trinajstić information content (AvgIpc) is 2.88. The predicted molar refractivity (Wildman–Crippen MR) is 78.3 cm³/mol. The third kappa shape index (κ3) is 3.43. The fourth-order valence-corrected chi connectivity index (χ4v) is 4.55. The third-order valence-electron chi connectivity index (χ3n) is 3.70. The van der Waals surface area contributed by atoms with E-state index in [4.69, 9.17) is 10.9 Å². The van der Waals surface area contributed by atoms with Gasteiger partial charge in [-0.25, -0.2) is 22.0 Å². The summed E-state index contributed by atoms with van der Waals surface area (Å²) in [7, 11) is -7.67. The van der Waals surface area contributed by atoms with Gasteiger partial charge in [0, 0.05) is 19.1 Å². The van der Waals surface area contributed by atoms with Crippen LogP contribution in [0.1, 0.15) is 13.3 Å². The topological polar surface area (TPSA) is 124 Å². The molecule has 1 aromatic carbocycles. The number of hydrogen-bond donors (Lipinski definition) is 2. The van der Waals surface area contributed by atoms with Gasteiger partial charge in [0.1, 0.15) is 0 Å². The van der Waals surface area contributed by atoms with Crippen molar-refractivity contribution in [2.45, 2.75) is 29.2 Å². The number of sulfonamides is 2. The summed E-state index contributed by atoms with van der Waals surface area (Å²) in [6.07, 6.45) is 0.700. The Morgan fingerprint density at radius 2 is 1.86 bits per heavy atom. The Kier molecular flexibility index (Phi) is 4.41. The first-order valence-corrected chi connectivity index (χ1v) is 9.49. The van der Waals surface area contributed by atoms with Gasteiger partial charge in [0.25, 0.3) is 0 Å². The van der Waals surface area contributed by atoms with E-state index in [9.17, 15) is 16.8 Å². The largest absolute Gasteiger partial charge is 0.328 e. The maximum Gasteiger partial charge on any atom is 0.243 e. The molecule has 118 valence electrons. The lowest BCUT2D eigenvalue weighted by Crippen LogP contribution is -2.33. The van der Waals surface area contributed by atoms with Crippen molar-refractivity contribution in [3.63, 3.8) is 0 Å². The van der Waals surface area contributed by atoms with Crippen molar-refractivity contribution in [2.75, 3.05) is 13.1 Å². The van der Waals surface area contributed by atoms with Crippen LogP contribution in [0.15, 0.2) is 34.1 Å². The lowest BCUT2D eigenvalue weighted by Gasteiger charge is -2.18. The summed E-state index contributed by atoms with van der Waals surface area (Å²) in [5.74, 6) is 0.112. The first-order chi connectivity index (χ1) is 9.62. The van der Waals surface area contributed by atoms with Crippen molar-refractivity contribution in [3.8, 4) is 0 Å². The molecule has 1 fully saturated rings. The van der Waals surface area contributed by atoms with Crippen LogP contribution in [-0.4, -0.2) is 40.3 Å². The zero-order chi connectivity index (χ0) is 15.8. The molecule has 0 aliphatic carbocycles. The van der Waals surface area contributed by atoms with Crippen LogP contribution in [0.25, 0.3) is 0 Å². The number of primary sulfonamides is 1. The Morgan fingerprint density at radius 3 is 2.38 bits per heavy atom. The van der Waals surface area contributed by atoms with Crippen LogP contribution in [0, 0.1) is 5.92 Å². The highest BCUT2D eigenvalue weighted by Gasteiger charge is 2.34. The van der Waals surface area contributed by atoms with Crippen LogP contribution in [0.2, 0.25) is 0 Å². The Morgan fingerprint density at radius 1 is 1.24 bits per heavy atom. The molecule has 0 saturated carbocycles. The SMILES string of the molecule is CC(N)C1CCN(S(=O)(=O)c2cccc(S(N)(=O)=O)c2)C1. The fraction of sp³-hybridized carbons (Fsp3) is 0.500. The van der Waals surface area contributed by atoms with E-state index >= 15 is 0 Å². The Labute approximate surface area is 125 Å². The molecule has 2 atom stereocenters. The summed E-state index contributed by atoms with van der Waals surface area (Å²) in [5, 5.41) is 5.03. The lowest BCUT2D eigenvalue weighted by molar-refractivity contribution is 0.429. The summed E-state index contributed by atoms with van der Waals surface area (Å²) < 4.78 is 49.1. The maximum atomic E-state index is 12.5. The van der Waals surface area contributed by atoms with Crippen LogP contribution in [0.5, 0.6) is 0 Å². The molecule has 21 heavy (non-hydrogen) atoms. The molecule has 0 bridgehead atoms. The van der Waals surface area contributed by atoms with E-state index < -0.39 is 20.0 Å². The summed E-state index contributed by atoms with van der Waals surface area (Å²) in [6.45, 7) is 2.58. The van der Waals surface area contributed by atoms with Gasteiger partial charge in [-0.2, -0.15) is 4.31 Å². The van der Waals surface area contributed by atoms with Crippen molar-refractivity contribution >= 4 is 20.0 Å². The smallest absolute Gasteiger partial charge is 0.243 e. The second-order valence-electron chi connectivity index (χ2n) is 5.29. The molecule has 1 aromatic rings. The van der Waals surface area contributed by atoms with Crippen molar-refractivity contribution < 1.29 is 16.8 Å². The number of hydrogen-bond acceptors (Lipinski definition) is 5. The molecule has 1 heterocycles. The minimum absolute atomic E-state index is 0.0700. The molecule has 1 saturated heterocycles. The van der Waals surface area contributed by atoms with Gasteiger partial charge in [0.05, 0.1) is 9.79 Å². The third-order valence-corrected chi connectivity index (χ3v) is 6.47. The van der Waals surface area contributed by atoms with E-state index in [1.807, 2.05) is 6.92 Å². The minimum atomic E-state index is -3.94. The van der Waals surface area contributed by atoms with Gasteiger partial charge in [-0.1, -0.05) is 6.07 Å². The Hall–Kier alpha value is -1.00. The quantitative estimate of drug-likeness (QED) is 0.782. The van der Waals surface area contributed by atoms with E-state index in [2.05, 4.69) is 0 Å². The lowest BCUT2D eigenvalue weighted by atomic mass is 10.0. The second-order valence-corrected chi connectivity index (χ2v) is 8.79. The van der Waals surface area contributed by atoms with E-state index in [0.29, 0.717) is 19.5 Å². The number of benzene rings is 1. The molecular formula is C12H19N3O4S2. The number of nitrogens with zero attached hydrogens (tertiary/aromatic N) is 1. The van der Waals surface area contributed by atoms with Crippen molar-refractivity contribution in [3.05, 3.63) is 24.3 Å². The molecule has 9 heteroatoms. The van der Waals surface area contributed by atoms with Crippen LogP contribution < -0.4 is 10.9 Å². The molecule has 2 unspecified atom stereocenters. The van der Waals surface area contributed by atoms with Crippen LogP contribution in [0.3, 0.4) is 0 Å². The molecule has 0 spiro atoms. The zero-order valence-electron chi connectivity index (χ0n) is 11.6. The van der Waals surface area contributed by atoms with Gasteiger partial charge >= 0.3 is 0 Å². The average molecular weight is 333 g/mol. The summed E-state index contributed by atoms with van der Waals surface area (Å²) in [4.78, 5) is -0.286. The zero-order valence-corrected chi connectivity index (χ0v) is 13.3. The van der Waals surface area contributed by atoms with Gasteiger partial charge in [0.2, 0.25) is 20.0 Å². The molecular weight excluding hydrogens is 314 g/mol. The van der Waals surface area contributed by atoms with Crippen LogP contribution >= 0.6 is 0 Å². The minimum Gasteiger partial charge on any atom is -0.328 e. The Balaban J connectivity index is 2.33. The molecule has 0 radical (unpaired) electrons. The van der Waals surface area contributed by atoms with Gasteiger partial charge in [-0.15, -0.1) is 0 Å². The molecule has 0 amide bonds. The van der Waals surface area contributed by atoms with Gasteiger partial charge in [-0.05, 0) is 37.5 Å². The van der Waals surface area contributed by atoms with Crippen molar-refractivity contribution in [1.82, 2.24) is 4.31 Å². The van der Waals surface area contributed by atoms with E-state index in [0.717, 1.165) is 6.07 Å². The first kappa shape index (κ1) is 16.4. The number of nitrogens with two attached hydrogens (primary N) is 2. The molecule has 1 aliphatic heterocycles. The van der Waals surface area contributed by atoms with Crippen molar-refractivity contribution in [2.24, 2.45) is 16.8 Å². The molecule has 4 N–H and O–H groups in total. The van der Waals surface area contributed by atoms with Crippen molar-refractivity contribution in [1.29, 1.82) is 0 Å². The summed E-state index contributed by atoms with van der Waals surface area (Å²) >= 11 is 0. The summed E-state index contributed by atoms with van der Waals surface area (Å²) in [5.41, 5.74) is 5.81. The van der Waals surface area contributed by atoms with Gasteiger partial charge in [0.15, 0.2) is 0 Å². The Bertz CT molecular complexity index is 729. The van der Waals surface area contributed by atoms with E-state index in [-0.39, 0.29) is 21.8 Å². The van der Waals surface area contributed by atoms with Crippen LogP contribution in [-0.2, 0) is 20.0 Å². The molecule has 7 nitrogen and oxygen atoms in total. The van der Waals surface area contributed by atoms with Gasteiger partial charge in [-0.3, -0.25) is 0 Å². The fourth-order valence-electron chi connectivity index (χ4n) is 2.36. The highest BCUT2D eigenvalue weighted by molar-refractivity contribution is 7.90. The molecule has 0 aromatic heterocycles. The number of rotatable bonds is 4.